The highest BCUT2D eigenvalue weighted by Crippen LogP contribution is 2.26. The number of hydrogen-bond donors (Lipinski definition) is 2. The van der Waals surface area contributed by atoms with Crippen molar-refractivity contribution in [2.45, 2.75) is 13.0 Å². The van der Waals surface area contributed by atoms with E-state index in [4.69, 9.17) is 9.84 Å². The zero-order chi connectivity index (χ0) is 17.1. The van der Waals surface area contributed by atoms with Gasteiger partial charge in [0.2, 0.25) is 5.91 Å². The predicted molar refractivity (Wildman–Crippen MR) is 83.3 cm³/mol. The minimum absolute atomic E-state index is 0.0307. The Morgan fingerprint density at radius 3 is 2.62 bits per heavy atom. The van der Waals surface area contributed by atoms with Crippen LogP contribution < -0.4 is 10.2 Å². The van der Waals surface area contributed by atoms with E-state index in [9.17, 15) is 14.4 Å². The van der Waals surface area contributed by atoms with Gasteiger partial charge in [0.25, 0.3) is 0 Å². The Morgan fingerprint density at radius 2 is 1.92 bits per heavy atom. The molecule has 0 saturated heterocycles. The van der Waals surface area contributed by atoms with Gasteiger partial charge in [-0.15, -0.1) is 0 Å². The van der Waals surface area contributed by atoms with E-state index in [0.29, 0.717) is 5.56 Å². The van der Waals surface area contributed by atoms with Crippen molar-refractivity contribution >= 4 is 18.0 Å². The number of hydrogen-bond acceptors (Lipinski definition) is 4. The van der Waals surface area contributed by atoms with Crippen molar-refractivity contribution in [2.75, 3.05) is 0 Å². The summed E-state index contributed by atoms with van der Waals surface area (Å²) in [7, 11) is 0. The Labute approximate surface area is 137 Å². The normalized spacial score (nSPS) is 13.0. The van der Waals surface area contributed by atoms with Gasteiger partial charge in [-0.3, -0.25) is 10.2 Å². The van der Waals surface area contributed by atoms with Crippen molar-refractivity contribution in [2.24, 2.45) is 0 Å². The summed E-state index contributed by atoms with van der Waals surface area (Å²) in [5.74, 6) is -1.26. The molecule has 2 aromatic carbocycles. The number of ether oxygens (including phenoxy) is 1. The van der Waals surface area contributed by atoms with Crippen LogP contribution in [0.5, 0.6) is 5.75 Å². The second-order valence-corrected chi connectivity index (χ2v) is 5.28. The first kappa shape index (κ1) is 15.5. The lowest BCUT2D eigenvalue weighted by molar-refractivity contribution is -0.124. The lowest BCUT2D eigenvalue weighted by Gasteiger charge is -2.28. The Morgan fingerprint density at radius 1 is 1.17 bits per heavy atom. The zero-order valence-electron chi connectivity index (χ0n) is 12.6. The summed E-state index contributed by atoms with van der Waals surface area (Å²) in [5.41, 5.74) is 3.97. The average molecular weight is 326 g/mol. The minimum atomic E-state index is -1.10. The average Bonchev–Trinajstić information content (AvgIpc) is 2.56. The van der Waals surface area contributed by atoms with Gasteiger partial charge in [0, 0.05) is 5.56 Å². The highest BCUT2D eigenvalue weighted by molar-refractivity contribution is 5.89. The van der Waals surface area contributed by atoms with Crippen molar-refractivity contribution in [3.8, 4) is 5.75 Å². The quantitative estimate of drug-likeness (QED) is 0.895. The molecule has 0 radical (unpaired) electrons. The highest BCUT2D eigenvalue weighted by atomic mass is 16.6. The van der Waals surface area contributed by atoms with Crippen LogP contribution in [0.15, 0.2) is 48.5 Å². The zero-order valence-corrected chi connectivity index (χ0v) is 12.6. The molecule has 7 heteroatoms. The van der Waals surface area contributed by atoms with Crippen LogP contribution in [-0.4, -0.2) is 28.1 Å². The second-order valence-electron chi connectivity index (χ2n) is 5.28. The number of nitrogens with one attached hydrogen (secondary N) is 1. The number of aromatic carboxylic acids is 1. The molecule has 24 heavy (non-hydrogen) atoms. The van der Waals surface area contributed by atoms with E-state index >= 15 is 0 Å². The standard InChI is InChI=1S/C17H14N2O5/c20-15(8-11-4-2-1-3-5-11)18-19-10-13-7-6-12(16(21)22)9-14(13)24-17(19)23/h1-7,9H,8,10H2,(H,18,20)(H,21,22). The molecule has 0 bridgehead atoms. The number of amides is 2. The monoisotopic (exact) mass is 326 g/mol. The van der Waals surface area contributed by atoms with Gasteiger partial charge in [0.1, 0.15) is 5.75 Å². The number of carbonyl (C=O) groups is 3. The summed E-state index contributed by atoms with van der Waals surface area (Å²) < 4.78 is 5.10. The third-order valence-corrected chi connectivity index (χ3v) is 3.53. The lowest BCUT2D eigenvalue weighted by atomic mass is 10.1. The van der Waals surface area contributed by atoms with Crippen LogP contribution in [0.3, 0.4) is 0 Å². The third-order valence-electron chi connectivity index (χ3n) is 3.53. The van der Waals surface area contributed by atoms with Crippen LogP contribution in [-0.2, 0) is 17.8 Å². The van der Waals surface area contributed by atoms with Gasteiger partial charge in [-0.2, -0.15) is 0 Å². The lowest BCUT2D eigenvalue weighted by Crippen LogP contribution is -2.49. The molecule has 122 valence electrons. The van der Waals surface area contributed by atoms with E-state index in [1.807, 2.05) is 30.3 Å². The third kappa shape index (κ3) is 3.35. The fraction of sp³-hybridized carbons (Fsp3) is 0.118. The Hall–Kier alpha value is -3.35. The number of rotatable bonds is 4. The fourth-order valence-corrected chi connectivity index (χ4v) is 2.35. The molecule has 2 N–H and O–H groups in total. The van der Waals surface area contributed by atoms with Crippen LogP contribution >= 0.6 is 0 Å². The molecule has 7 nitrogen and oxygen atoms in total. The predicted octanol–water partition coefficient (Wildman–Crippen LogP) is 1.97. The molecule has 1 heterocycles. The van der Waals surface area contributed by atoms with Crippen LogP contribution in [0, 0.1) is 0 Å². The van der Waals surface area contributed by atoms with E-state index in [2.05, 4.69) is 5.43 Å². The molecular formula is C17H14N2O5. The molecule has 0 spiro atoms. The maximum Gasteiger partial charge on any atom is 0.434 e. The molecule has 0 aliphatic carbocycles. The van der Waals surface area contributed by atoms with Gasteiger partial charge in [-0.25, -0.2) is 14.6 Å². The van der Waals surface area contributed by atoms with E-state index in [0.717, 1.165) is 10.6 Å². The molecule has 0 atom stereocenters. The maximum absolute atomic E-state index is 12.0. The number of carboxylic acids is 1. The number of nitrogens with zero attached hydrogens (tertiary/aromatic N) is 1. The van der Waals surface area contributed by atoms with Gasteiger partial charge >= 0.3 is 12.1 Å². The number of carbonyl (C=O) groups excluding carboxylic acids is 2. The van der Waals surface area contributed by atoms with Gasteiger partial charge in [0.15, 0.2) is 0 Å². The molecule has 0 saturated carbocycles. The van der Waals surface area contributed by atoms with Crippen LogP contribution in [0.4, 0.5) is 4.79 Å². The Balaban J connectivity index is 1.69. The topological polar surface area (TPSA) is 95.9 Å². The molecule has 2 amide bonds. The van der Waals surface area contributed by atoms with E-state index < -0.39 is 12.1 Å². The van der Waals surface area contributed by atoms with Gasteiger partial charge in [-0.05, 0) is 17.7 Å². The Bertz CT molecular complexity index is 804. The first-order valence-electron chi connectivity index (χ1n) is 7.22. The van der Waals surface area contributed by atoms with Crippen molar-refractivity contribution < 1.29 is 24.2 Å². The SMILES string of the molecule is O=C(Cc1ccccc1)NN1Cc2ccc(C(=O)O)cc2OC1=O. The summed E-state index contributed by atoms with van der Waals surface area (Å²) in [6.45, 7) is 0.106. The molecular weight excluding hydrogens is 312 g/mol. The molecule has 2 aromatic rings. The maximum atomic E-state index is 12.0. The van der Waals surface area contributed by atoms with E-state index in [1.54, 1.807) is 6.07 Å². The fourth-order valence-electron chi connectivity index (χ4n) is 2.35. The number of carboxylic acid groups (broad SMARTS) is 1. The molecule has 0 aromatic heterocycles. The van der Waals surface area contributed by atoms with Gasteiger partial charge in [-0.1, -0.05) is 36.4 Å². The summed E-state index contributed by atoms with van der Waals surface area (Å²) in [6.07, 6.45) is -0.624. The molecule has 1 aliphatic rings. The van der Waals surface area contributed by atoms with Gasteiger partial charge < -0.3 is 9.84 Å². The summed E-state index contributed by atoms with van der Waals surface area (Å²) in [4.78, 5) is 35.0. The number of hydrazine groups is 1. The Kier molecular flexibility index (Phi) is 4.15. The molecule has 0 fully saturated rings. The molecule has 1 aliphatic heterocycles. The van der Waals surface area contributed by atoms with Crippen molar-refractivity contribution in [1.29, 1.82) is 0 Å². The van der Waals surface area contributed by atoms with Crippen LogP contribution in [0.2, 0.25) is 0 Å². The van der Waals surface area contributed by atoms with E-state index in [-0.39, 0.29) is 30.2 Å². The van der Waals surface area contributed by atoms with Gasteiger partial charge in [0.05, 0.1) is 18.5 Å². The summed E-state index contributed by atoms with van der Waals surface area (Å²) >= 11 is 0. The van der Waals surface area contributed by atoms with Crippen LogP contribution in [0.1, 0.15) is 21.5 Å². The smallest absolute Gasteiger partial charge is 0.434 e. The number of benzene rings is 2. The minimum Gasteiger partial charge on any atom is -0.478 e. The van der Waals surface area contributed by atoms with Crippen molar-refractivity contribution in [3.05, 3.63) is 65.2 Å². The van der Waals surface area contributed by atoms with E-state index in [1.165, 1.54) is 12.1 Å². The first-order chi connectivity index (χ1) is 11.5. The first-order valence-corrected chi connectivity index (χ1v) is 7.22. The summed E-state index contributed by atoms with van der Waals surface area (Å²) in [5, 5.41) is 10.0. The van der Waals surface area contributed by atoms with Crippen LogP contribution in [0.25, 0.3) is 0 Å². The highest BCUT2D eigenvalue weighted by Gasteiger charge is 2.27. The molecule has 0 unspecified atom stereocenters. The summed E-state index contributed by atoms with van der Waals surface area (Å²) in [6, 6.07) is 13.4. The van der Waals surface area contributed by atoms with Crippen molar-refractivity contribution in [1.82, 2.24) is 10.4 Å². The largest absolute Gasteiger partial charge is 0.478 e. The van der Waals surface area contributed by atoms with Crippen molar-refractivity contribution in [3.63, 3.8) is 0 Å². The molecule has 3 rings (SSSR count). The second kappa shape index (κ2) is 6.41. The number of fused-ring (bicyclic) bond motifs is 1.